The summed E-state index contributed by atoms with van der Waals surface area (Å²) in [5.41, 5.74) is 0. The number of rotatable bonds is 13. The van der Waals surface area contributed by atoms with E-state index in [-0.39, 0.29) is 58.2 Å². The molecule has 1 aliphatic heterocycles. The van der Waals surface area contributed by atoms with Gasteiger partial charge in [0.2, 0.25) is 35.4 Å². The molecule has 1 aliphatic rings. The van der Waals surface area contributed by atoms with Crippen LogP contribution in [0.1, 0.15) is 59.3 Å². The minimum atomic E-state index is -1.52. The lowest BCUT2D eigenvalue weighted by molar-refractivity contribution is -0.779. The number of aliphatic hydroxyl groups is 4. The third kappa shape index (κ3) is 15.7. The summed E-state index contributed by atoms with van der Waals surface area (Å²) in [5, 5.41) is 81.6. The van der Waals surface area contributed by atoms with E-state index in [9.17, 15) is 64.8 Å². The average molecular weight is 721 g/mol. The normalized spacial score (nSPS) is 23.3. The van der Waals surface area contributed by atoms with Crippen molar-refractivity contribution in [2.45, 2.75) is 83.5 Å². The largest absolute Gasteiger partial charge is 0.461 e. The molecule has 282 valence electrons. The van der Waals surface area contributed by atoms with Gasteiger partial charge in [-0.1, -0.05) is 0 Å². The number of carbonyl (C=O) groups is 6. The zero-order valence-electron chi connectivity index (χ0n) is 28.2. The molecule has 0 aromatic carbocycles. The molecule has 0 bridgehead atoms. The van der Waals surface area contributed by atoms with Gasteiger partial charge in [-0.2, -0.15) is 0 Å². The molecule has 4 atom stereocenters. The van der Waals surface area contributed by atoms with E-state index in [0.717, 1.165) is 0 Å². The molecule has 0 saturated carbocycles. The number of aliphatic hydroxyl groups excluding tert-OH is 4. The number of hydrogen-bond acceptors (Lipinski definition) is 10. The van der Waals surface area contributed by atoms with Crippen molar-refractivity contribution in [1.29, 1.82) is 0 Å². The Morgan fingerprint density at radius 1 is 0.540 bits per heavy atom. The van der Waals surface area contributed by atoms with Crippen LogP contribution in [0.2, 0.25) is 0 Å². The van der Waals surface area contributed by atoms with Gasteiger partial charge in [-0.25, -0.2) is 0 Å². The Morgan fingerprint density at radius 2 is 0.840 bits per heavy atom. The molecule has 22 heteroatoms. The molecule has 13 N–H and O–H groups in total. The number of amides is 6. The minimum Gasteiger partial charge on any atom is -0.461 e. The second-order valence-corrected chi connectivity index (χ2v) is 11.4. The van der Waals surface area contributed by atoms with Gasteiger partial charge in [-0.15, -0.1) is 0 Å². The molecule has 1 saturated heterocycles. The summed E-state index contributed by atoms with van der Waals surface area (Å²) in [7, 11) is 0. The van der Waals surface area contributed by atoms with Crippen molar-refractivity contribution in [1.82, 2.24) is 31.9 Å². The molecular weight excluding hydrogens is 670 g/mol. The number of nitrogens with one attached hydrogen (secondary N) is 6. The maximum Gasteiger partial charge on any atom is 0.379 e. The average Bonchev–Trinajstić information content (AvgIpc) is 3.05. The van der Waals surface area contributed by atoms with E-state index in [1.807, 2.05) is 0 Å². The summed E-state index contributed by atoms with van der Waals surface area (Å²) >= 11 is 0. The standard InChI is InChI=1S/C28H47N9O13/c1-16(39)35(48)10-4-7-19-25(44)29-14-24(43)32-22(15-38)26(45)30-13-23(42)31-20(8-5-11-36(49)17(2)40)27(46)34-21(28(47)33-19)9-6-12-37(50)18(3)41/h19-22,38,48-50H,4-15H2,1-3H3,(H6,29,30,31,32,33,34,42,43,44,45,46,47)/p+3. The third-order valence-electron chi connectivity index (χ3n) is 7.31. The van der Waals surface area contributed by atoms with Crippen molar-refractivity contribution < 1.29 is 79.0 Å². The molecule has 0 aromatic rings. The zero-order chi connectivity index (χ0) is 38.0. The van der Waals surface area contributed by atoms with Gasteiger partial charge in [0, 0.05) is 33.5 Å². The van der Waals surface area contributed by atoms with Crippen LogP contribution >= 0.6 is 0 Å². The highest BCUT2D eigenvalue weighted by atomic mass is 16.5. The van der Waals surface area contributed by atoms with Crippen molar-refractivity contribution in [3.63, 3.8) is 0 Å². The maximum atomic E-state index is 13.6. The smallest absolute Gasteiger partial charge is 0.379 e. The van der Waals surface area contributed by atoms with E-state index >= 15 is 0 Å². The fourth-order valence-electron chi connectivity index (χ4n) is 4.44. The topological polar surface area (TPSA) is 325 Å². The van der Waals surface area contributed by atoms with Crippen LogP contribution in [0.25, 0.3) is 0 Å². The first-order valence-corrected chi connectivity index (χ1v) is 15.8. The van der Waals surface area contributed by atoms with E-state index in [2.05, 4.69) is 31.9 Å². The molecule has 1 fully saturated rings. The van der Waals surface area contributed by atoms with Crippen molar-refractivity contribution in [3.8, 4) is 0 Å². The molecule has 1 rings (SSSR count). The lowest BCUT2D eigenvalue weighted by Crippen LogP contribution is -2.58. The van der Waals surface area contributed by atoms with Gasteiger partial charge in [0.25, 0.3) is 0 Å². The molecule has 0 aromatic heterocycles. The van der Waals surface area contributed by atoms with Crippen molar-refractivity contribution in [2.24, 2.45) is 0 Å². The predicted octanol–water partition coefficient (Wildman–Crippen LogP) is -4.36. The van der Waals surface area contributed by atoms with Crippen molar-refractivity contribution in [2.75, 3.05) is 39.3 Å². The molecule has 22 nitrogen and oxygen atoms in total. The first kappa shape index (κ1) is 42.6. The first-order valence-electron chi connectivity index (χ1n) is 15.8. The minimum absolute atomic E-state index is 0.00898. The summed E-state index contributed by atoms with van der Waals surface area (Å²) in [6, 6.07) is -5.67. The molecule has 0 aliphatic carbocycles. The Kier molecular flexibility index (Phi) is 18.4. The van der Waals surface area contributed by atoms with Crippen LogP contribution in [-0.4, -0.2) is 167 Å². The van der Waals surface area contributed by atoms with Crippen LogP contribution in [-0.2, 0) is 28.8 Å². The van der Waals surface area contributed by atoms with Crippen molar-refractivity contribution in [3.05, 3.63) is 0 Å². The van der Waals surface area contributed by atoms with Gasteiger partial charge in [0.05, 0.1) is 40.5 Å². The highest BCUT2D eigenvalue weighted by Crippen LogP contribution is 2.06. The van der Waals surface area contributed by atoms with Gasteiger partial charge < -0.3 is 52.3 Å². The Bertz CT molecular complexity index is 1300. The second-order valence-electron chi connectivity index (χ2n) is 11.4. The molecule has 0 spiro atoms. The third-order valence-corrected chi connectivity index (χ3v) is 7.31. The lowest BCUT2D eigenvalue weighted by Gasteiger charge is -2.25. The van der Waals surface area contributed by atoms with Crippen molar-refractivity contribution >= 4 is 53.1 Å². The van der Waals surface area contributed by atoms with Gasteiger partial charge >= 0.3 is 17.7 Å². The molecular formula is C28H50N9O13+3. The number of nitrogens with zero attached hydrogens (tertiary/aromatic N) is 3. The van der Waals surface area contributed by atoms with E-state index in [1.54, 1.807) is 0 Å². The van der Waals surface area contributed by atoms with E-state index in [0.29, 0.717) is 14.2 Å². The van der Waals surface area contributed by atoms with Crippen LogP contribution in [0.15, 0.2) is 0 Å². The van der Waals surface area contributed by atoms with Crippen LogP contribution in [0.5, 0.6) is 0 Å². The van der Waals surface area contributed by atoms with Gasteiger partial charge in [-0.3, -0.25) is 44.4 Å². The summed E-state index contributed by atoms with van der Waals surface area (Å²) < 4.78 is 1.51. The highest BCUT2D eigenvalue weighted by Gasteiger charge is 2.31. The molecule has 1 heterocycles. The maximum absolute atomic E-state index is 13.6. The fraction of sp³-hybridized carbons (Fsp3) is 0.679. The van der Waals surface area contributed by atoms with Gasteiger partial charge in [0.1, 0.15) is 24.2 Å². The Labute approximate surface area is 287 Å². The quantitative estimate of drug-likeness (QED) is 0.0282. The Hall–Kier alpha value is -5.41. The van der Waals surface area contributed by atoms with Crippen LogP contribution in [0.3, 0.4) is 0 Å². The SMILES string of the molecule is CC(O)=[N+](O)CCCC1NC(=O)CNC(=O)C(CO)NC(=O)CNC(=O)C(CCC[N+](O)=C(C)O)NC(=O)C(CCC[N+](O)=C(C)O)NC1=O. The summed E-state index contributed by atoms with van der Waals surface area (Å²) in [6.07, 6.45) is -0.401. The van der Waals surface area contributed by atoms with E-state index in [4.69, 9.17) is 0 Å². The molecule has 6 amide bonds. The monoisotopic (exact) mass is 720 g/mol. The highest BCUT2D eigenvalue weighted by molar-refractivity contribution is 5.96. The van der Waals surface area contributed by atoms with E-state index < -0.39 is 97.0 Å². The van der Waals surface area contributed by atoms with Crippen LogP contribution in [0, 0.1) is 0 Å². The fourth-order valence-corrected chi connectivity index (χ4v) is 4.44. The molecule has 50 heavy (non-hydrogen) atoms. The zero-order valence-corrected chi connectivity index (χ0v) is 28.2. The molecule has 4 unspecified atom stereocenters. The number of hydrogen-bond donors (Lipinski definition) is 13. The number of hydroxylamine groups is 3. The predicted molar refractivity (Wildman–Crippen MR) is 169 cm³/mol. The van der Waals surface area contributed by atoms with Crippen LogP contribution in [0.4, 0.5) is 0 Å². The molecule has 0 radical (unpaired) electrons. The van der Waals surface area contributed by atoms with E-state index in [1.165, 1.54) is 20.8 Å². The van der Waals surface area contributed by atoms with Crippen LogP contribution < -0.4 is 31.9 Å². The second kappa shape index (κ2) is 21.5. The lowest BCUT2D eigenvalue weighted by atomic mass is 10.1. The Balaban J connectivity index is 3.49. The first-order chi connectivity index (χ1) is 23.5. The Morgan fingerprint density at radius 3 is 1.18 bits per heavy atom. The van der Waals surface area contributed by atoms with Gasteiger partial charge in [-0.05, 0) is 19.3 Å². The summed E-state index contributed by atoms with van der Waals surface area (Å²) in [5.74, 6) is -6.71. The van der Waals surface area contributed by atoms with Gasteiger partial charge in [0.15, 0.2) is 19.6 Å². The number of carbonyl (C=O) groups excluding carboxylic acids is 6. The summed E-state index contributed by atoms with van der Waals surface area (Å²) in [4.78, 5) is 78.2. The summed E-state index contributed by atoms with van der Waals surface area (Å²) in [6.45, 7) is 0.844.